The molecule has 0 amide bonds. The summed E-state index contributed by atoms with van der Waals surface area (Å²) in [6, 6.07) is 0. The molecule has 48 heavy (non-hydrogen) atoms. The summed E-state index contributed by atoms with van der Waals surface area (Å²) in [6.45, 7) is 15.6. The van der Waals surface area contributed by atoms with Crippen LogP contribution < -0.4 is 5.32 Å². The minimum atomic E-state index is -0.581. The summed E-state index contributed by atoms with van der Waals surface area (Å²) in [4.78, 5) is 8.66. The summed E-state index contributed by atoms with van der Waals surface area (Å²) in [5.41, 5.74) is -1.09. The van der Waals surface area contributed by atoms with Crippen molar-refractivity contribution in [3.05, 3.63) is 0 Å². The molecule has 8 rings (SSSR count). The highest BCUT2D eigenvalue weighted by atomic mass is 32.2. The molecule has 0 aliphatic carbocycles. The number of piperidine rings is 1. The van der Waals surface area contributed by atoms with Crippen LogP contribution in [-0.4, -0.2) is 188 Å². The fourth-order valence-electron chi connectivity index (χ4n) is 10.3. The largest absolute Gasteiger partial charge is 0.379 e. The second kappa shape index (κ2) is 16.1. The van der Waals surface area contributed by atoms with E-state index < -0.39 is 17.1 Å². The van der Waals surface area contributed by atoms with Crippen molar-refractivity contribution in [3.63, 3.8) is 0 Å². The third kappa shape index (κ3) is 6.34. The molecule has 8 fully saturated rings. The minimum absolute atomic E-state index is 0.103. The van der Waals surface area contributed by atoms with E-state index in [2.05, 4.69) is 53.6 Å². The molecule has 0 aromatic rings. The van der Waals surface area contributed by atoms with E-state index in [0.29, 0.717) is 30.3 Å². The average Bonchev–Trinajstić information content (AvgIpc) is 3.19. The molecule has 8 heterocycles. The monoisotopic (exact) mass is 710 g/mol. The first-order chi connectivity index (χ1) is 23.8. The van der Waals surface area contributed by atoms with E-state index in [1.165, 1.54) is 69.3 Å². The Morgan fingerprint density at radius 1 is 0.583 bits per heavy atom. The first-order valence-electron chi connectivity index (χ1n) is 19.6. The summed E-state index contributed by atoms with van der Waals surface area (Å²) in [6.07, 6.45) is 11.1. The lowest BCUT2D eigenvalue weighted by Gasteiger charge is -2.75. The number of hydrazine groups is 1. The van der Waals surface area contributed by atoms with Crippen LogP contribution in [0.1, 0.15) is 57.8 Å². The van der Waals surface area contributed by atoms with Crippen molar-refractivity contribution in [3.8, 4) is 0 Å². The van der Waals surface area contributed by atoms with Gasteiger partial charge >= 0.3 is 0 Å². The third-order valence-corrected chi connectivity index (χ3v) is 15.5. The predicted octanol–water partition coefficient (Wildman–Crippen LogP) is 2.36. The number of likely N-dealkylation sites (tertiary alicyclic amines) is 1. The van der Waals surface area contributed by atoms with Crippen molar-refractivity contribution >= 4 is 23.5 Å². The summed E-state index contributed by atoms with van der Waals surface area (Å²) in [7, 11) is 0. The smallest absolute Gasteiger partial charge is 0.189 e. The Hall–Kier alpha value is 0.260. The molecule has 0 spiro atoms. The third-order valence-electron chi connectivity index (χ3n) is 12.4. The van der Waals surface area contributed by atoms with Crippen LogP contribution in [0.15, 0.2) is 0 Å². The van der Waals surface area contributed by atoms with Gasteiger partial charge in [-0.1, -0.05) is 19.3 Å². The van der Waals surface area contributed by atoms with Gasteiger partial charge in [-0.3, -0.25) is 14.7 Å². The van der Waals surface area contributed by atoms with Crippen LogP contribution in [0.5, 0.6) is 0 Å². The van der Waals surface area contributed by atoms with Gasteiger partial charge in [-0.05, 0) is 50.0 Å². The number of nitrogens with one attached hydrogen (secondary N) is 1. The van der Waals surface area contributed by atoms with Crippen molar-refractivity contribution in [2.24, 2.45) is 0 Å². The zero-order valence-corrected chi connectivity index (χ0v) is 31.0. The van der Waals surface area contributed by atoms with E-state index in [-0.39, 0.29) is 6.10 Å². The Labute approximate surface area is 297 Å². The molecule has 1 N–H and O–H groups in total. The number of thioether (sulfide) groups is 2. The van der Waals surface area contributed by atoms with Gasteiger partial charge in [0, 0.05) is 77.2 Å². The molecule has 0 aromatic heterocycles. The second-order valence-corrected chi connectivity index (χ2v) is 17.7. The number of ether oxygens (including phenoxy) is 5. The highest BCUT2D eigenvalue weighted by molar-refractivity contribution is 8.00. The van der Waals surface area contributed by atoms with Gasteiger partial charge in [0.1, 0.15) is 11.7 Å². The van der Waals surface area contributed by atoms with Gasteiger partial charge in [0.05, 0.1) is 51.5 Å². The summed E-state index contributed by atoms with van der Waals surface area (Å²) < 4.78 is 34.2. The van der Waals surface area contributed by atoms with Gasteiger partial charge in [-0.15, -0.1) is 0 Å². The van der Waals surface area contributed by atoms with Crippen molar-refractivity contribution in [2.45, 2.75) is 91.5 Å². The predicted molar refractivity (Wildman–Crippen MR) is 191 cm³/mol. The number of hydrogen-bond acceptors (Lipinski definition) is 13. The van der Waals surface area contributed by atoms with Crippen LogP contribution in [0.4, 0.5) is 0 Å². The summed E-state index contributed by atoms with van der Waals surface area (Å²) in [5, 5.41) is 10.1. The van der Waals surface area contributed by atoms with Crippen molar-refractivity contribution in [1.29, 1.82) is 0 Å². The molecule has 8 aliphatic rings. The standard InChI is InChI=1S/C35H62N6O5S2/c1-4-12-37(13-5-1)34(32-9-3-7-27-48-32)35(38-14-10-36-11-15-38,39-16-20-42-21-17-39)41(40-18-22-43-23-19-40)29-33(46-34,30-28-44-24-25-45-30)31-8-2-6-26-47-31/h30-32,36H,1-29H2. The maximum absolute atomic E-state index is 8.70. The van der Waals surface area contributed by atoms with Gasteiger partial charge in [0.15, 0.2) is 11.5 Å². The van der Waals surface area contributed by atoms with E-state index in [9.17, 15) is 0 Å². The molecule has 0 saturated carbocycles. The first kappa shape index (κ1) is 35.3. The lowest BCUT2D eigenvalue weighted by Crippen LogP contribution is -2.95. The fraction of sp³-hybridized carbons (Fsp3) is 1.00. The molecule has 0 radical (unpaired) electrons. The fourth-order valence-corrected chi connectivity index (χ4v) is 13.4. The molecular weight excluding hydrogens is 649 g/mol. The molecular formula is C35H62N6O5S2. The van der Waals surface area contributed by atoms with Crippen LogP contribution in [0.2, 0.25) is 0 Å². The Kier molecular flexibility index (Phi) is 11.8. The number of hydrogen-bond donors (Lipinski definition) is 1. The van der Waals surface area contributed by atoms with Crippen LogP contribution in [-0.2, 0) is 23.7 Å². The van der Waals surface area contributed by atoms with E-state index in [1.807, 2.05) is 0 Å². The molecule has 8 saturated heterocycles. The molecule has 0 aromatic carbocycles. The highest BCUT2D eigenvalue weighted by Gasteiger charge is 2.76. The molecule has 6 unspecified atom stereocenters. The Balaban J connectivity index is 1.40. The topological polar surface area (TPSA) is 74.4 Å². The zero-order chi connectivity index (χ0) is 32.3. The van der Waals surface area contributed by atoms with E-state index in [1.54, 1.807) is 0 Å². The van der Waals surface area contributed by atoms with Gasteiger partial charge in [0.25, 0.3) is 0 Å². The van der Waals surface area contributed by atoms with Crippen LogP contribution in [0.25, 0.3) is 0 Å². The van der Waals surface area contributed by atoms with Gasteiger partial charge < -0.3 is 29.0 Å². The molecule has 13 heteroatoms. The lowest BCUT2D eigenvalue weighted by atomic mass is 9.79. The van der Waals surface area contributed by atoms with E-state index in [0.717, 1.165) is 98.4 Å². The van der Waals surface area contributed by atoms with Crippen molar-refractivity contribution in [2.75, 3.05) is 130 Å². The van der Waals surface area contributed by atoms with Crippen LogP contribution in [0, 0.1) is 0 Å². The van der Waals surface area contributed by atoms with E-state index >= 15 is 0 Å². The average molecular weight is 711 g/mol. The normalized spacial score (nSPS) is 42.9. The first-order valence-corrected chi connectivity index (χ1v) is 21.7. The van der Waals surface area contributed by atoms with Gasteiger partial charge in [-0.2, -0.15) is 23.5 Å². The SMILES string of the molecule is C1CCN(C2(C3CCCCS3)OC(C3COCCO3)(C3CCCCS3)CN(N3CCOCC3)C2(N2CCNCC2)N2CCOCC2)CC1. The number of rotatable bonds is 7. The van der Waals surface area contributed by atoms with Crippen molar-refractivity contribution in [1.82, 2.24) is 30.0 Å². The van der Waals surface area contributed by atoms with Gasteiger partial charge in [0.2, 0.25) is 0 Å². The summed E-state index contributed by atoms with van der Waals surface area (Å²) in [5.74, 6) is 1.90. The molecule has 8 aliphatic heterocycles. The van der Waals surface area contributed by atoms with Crippen LogP contribution in [0.3, 0.4) is 0 Å². The zero-order valence-electron chi connectivity index (χ0n) is 29.3. The Bertz CT molecular complexity index is 953. The highest BCUT2D eigenvalue weighted by Crippen LogP contribution is 2.58. The van der Waals surface area contributed by atoms with Crippen molar-refractivity contribution < 1.29 is 23.7 Å². The number of nitrogens with zero attached hydrogens (tertiary/aromatic N) is 5. The van der Waals surface area contributed by atoms with Gasteiger partial charge in [-0.25, -0.2) is 10.0 Å². The Morgan fingerprint density at radius 3 is 1.90 bits per heavy atom. The summed E-state index contributed by atoms with van der Waals surface area (Å²) >= 11 is 4.38. The lowest BCUT2D eigenvalue weighted by molar-refractivity contribution is -0.446. The molecule has 6 atom stereocenters. The second-order valence-electron chi connectivity index (χ2n) is 15.0. The van der Waals surface area contributed by atoms with Crippen LogP contribution >= 0.6 is 23.5 Å². The molecule has 11 nitrogen and oxygen atoms in total. The number of morpholine rings is 3. The van der Waals surface area contributed by atoms with E-state index in [4.69, 9.17) is 23.7 Å². The number of piperazine rings is 1. The Morgan fingerprint density at radius 2 is 1.25 bits per heavy atom. The molecule has 274 valence electrons. The molecule has 0 bridgehead atoms. The maximum atomic E-state index is 8.70. The quantitative estimate of drug-likeness (QED) is 0.421. The maximum Gasteiger partial charge on any atom is 0.189 e. The minimum Gasteiger partial charge on any atom is -0.379 e.